The molecule has 1 aliphatic rings. The van der Waals surface area contributed by atoms with Crippen LogP contribution in [0.4, 0.5) is 5.69 Å². The molecule has 4 heteroatoms. The monoisotopic (exact) mass is 322 g/mol. The van der Waals surface area contributed by atoms with Crippen molar-refractivity contribution >= 4 is 17.5 Å². The number of piperazine rings is 1. The molecule has 2 amide bonds. The van der Waals surface area contributed by atoms with E-state index in [2.05, 4.69) is 19.1 Å². The van der Waals surface area contributed by atoms with E-state index < -0.39 is 6.04 Å². The molecule has 0 aliphatic carbocycles. The highest BCUT2D eigenvalue weighted by Gasteiger charge is 2.35. The summed E-state index contributed by atoms with van der Waals surface area (Å²) >= 11 is 0. The number of anilines is 1. The van der Waals surface area contributed by atoms with E-state index >= 15 is 0 Å². The van der Waals surface area contributed by atoms with Gasteiger partial charge in [0.25, 0.3) is 5.91 Å². The molecule has 124 valence electrons. The van der Waals surface area contributed by atoms with Crippen molar-refractivity contribution in [1.82, 2.24) is 4.90 Å². The second kappa shape index (κ2) is 6.87. The maximum absolute atomic E-state index is 12.8. The molecule has 0 saturated carbocycles. The molecule has 2 aromatic carbocycles. The van der Waals surface area contributed by atoms with Crippen LogP contribution in [0.15, 0.2) is 54.6 Å². The van der Waals surface area contributed by atoms with E-state index in [9.17, 15) is 9.59 Å². The topological polar surface area (TPSA) is 40.6 Å². The second-order valence-corrected chi connectivity index (χ2v) is 6.05. The molecule has 1 unspecified atom stereocenters. The molecule has 1 heterocycles. The first-order valence-electron chi connectivity index (χ1n) is 8.38. The van der Waals surface area contributed by atoms with Crippen LogP contribution >= 0.6 is 0 Å². The first-order valence-corrected chi connectivity index (χ1v) is 8.38. The van der Waals surface area contributed by atoms with Gasteiger partial charge in [-0.05, 0) is 43.2 Å². The molecule has 4 nitrogen and oxygen atoms in total. The van der Waals surface area contributed by atoms with E-state index in [0.717, 1.165) is 12.1 Å². The maximum Gasteiger partial charge on any atom is 0.254 e. The largest absolute Gasteiger partial charge is 0.325 e. The fraction of sp³-hybridized carbons (Fsp3) is 0.300. The van der Waals surface area contributed by atoms with Crippen molar-refractivity contribution in [1.29, 1.82) is 0 Å². The lowest BCUT2D eigenvalue weighted by Gasteiger charge is -2.39. The number of nitrogens with zero attached hydrogens (tertiary/aromatic N) is 2. The predicted molar refractivity (Wildman–Crippen MR) is 95.1 cm³/mol. The molecule has 2 aromatic rings. The summed E-state index contributed by atoms with van der Waals surface area (Å²) in [5, 5.41) is 0. The van der Waals surface area contributed by atoms with E-state index in [1.165, 1.54) is 5.56 Å². The minimum Gasteiger partial charge on any atom is -0.325 e. The summed E-state index contributed by atoms with van der Waals surface area (Å²) in [7, 11) is 0. The molecule has 0 bridgehead atoms. The van der Waals surface area contributed by atoms with Crippen LogP contribution in [0.3, 0.4) is 0 Å². The van der Waals surface area contributed by atoms with E-state index in [1.807, 2.05) is 30.3 Å². The van der Waals surface area contributed by atoms with Crippen LogP contribution < -0.4 is 4.90 Å². The van der Waals surface area contributed by atoms with Gasteiger partial charge in [-0.25, -0.2) is 0 Å². The molecule has 1 fully saturated rings. The molecule has 0 radical (unpaired) electrons. The minimum absolute atomic E-state index is 0.0326. The molecule has 0 aromatic heterocycles. The molecular formula is C20H22N2O2. The van der Waals surface area contributed by atoms with Gasteiger partial charge in [-0.15, -0.1) is 0 Å². The van der Waals surface area contributed by atoms with Crippen molar-refractivity contribution in [2.75, 3.05) is 18.0 Å². The number of rotatable bonds is 3. The first kappa shape index (κ1) is 16.2. The highest BCUT2D eigenvalue weighted by Crippen LogP contribution is 2.22. The lowest BCUT2D eigenvalue weighted by atomic mass is 10.1. The summed E-state index contributed by atoms with van der Waals surface area (Å²) in [6.45, 7) is 4.97. The summed E-state index contributed by atoms with van der Waals surface area (Å²) in [4.78, 5) is 28.8. The smallest absolute Gasteiger partial charge is 0.254 e. The quantitative estimate of drug-likeness (QED) is 0.871. The molecule has 1 atom stereocenters. The Morgan fingerprint density at radius 2 is 1.71 bits per heavy atom. The maximum atomic E-state index is 12.8. The van der Waals surface area contributed by atoms with Crippen LogP contribution in [0, 0.1) is 0 Å². The van der Waals surface area contributed by atoms with Crippen molar-refractivity contribution < 1.29 is 9.59 Å². The predicted octanol–water partition coefficient (Wildman–Crippen LogP) is 3.13. The third-order valence-corrected chi connectivity index (χ3v) is 4.59. The number of hydrogen-bond acceptors (Lipinski definition) is 2. The van der Waals surface area contributed by atoms with E-state index in [0.29, 0.717) is 18.7 Å². The summed E-state index contributed by atoms with van der Waals surface area (Å²) in [6.07, 6.45) is 0.976. The second-order valence-electron chi connectivity index (χ2n) is 6.05. The van der Waals surface area contributed by atoms with Gasteiger partial charge in [-0.3, -0.25) is 9.59 Å². The van der Waals surface area contributed by atoms with Gasteiger partial charge in [-0.1, -0.05) is 37.3 Å². The van der Waals surface area contributed by atoms with Gasteiger partial charge in [-0.2, -0.15) is 0 Å². The molecule has 3 rings (SSSR count). The van der Waals surface area contributed by atoms with Crippen molar-refractivity contribution in [2.24, 2.45) is 0 Å². The Labute approximate surface area is 142 Å². The molecule has 1 aliphatic heterocycles. The Kier molecular flexibility index (Phi) is 4.65. The number of amides is 2. The molecule has 24 heavy (non-hydrogen) atoms. The van der Waals surface area contributed by atoms with Crippen molar-refractivity contribution in [3.8, 4) is 0 Å². The zero-order valence-corrected chi connectivity index (χ0v) is 14.1. The number of aryl methyl sites for hydroxylation is 1. The summed E-state index contributed by atoms with van der Waals surface area (Å²) in [5.41, 5.74) is 2.77. The molecule has 0 spiro atoms. The highest BCUT2D eigenvalue weighted by atomic mass is 16.2. The van der Waals surface area contributed by atoms with Crippen LogP contribution in [0.5, 0.6) is 0 Å². The lowest BCUT2D eigenvalue weighted by molar-refractivity contribution is -0.124. The van der Waals surface area contributed by atoms with Gasteiger partial charge in [0.2, 0.25) is 5.91 Å². The zero-order valence-electron chi connectivity index (χ0n) is 14.1. The summed E-state index contributed by atoms with van der Waals surface area (Å²) in [6, 6.07) is 16.7. The van der Waals surface area contributed by atoms with Gasteiger partial charge in [0.05, 0.1) is 0 Å². The number of carbonyl (C=O) groups excluding carboxylic acids is 2. The molecular weight excluding hydrogens is 300 g/mol. The fourth-order valence-corrected chi connectivity index (χ4v) is 3.06. The average Bonchev–Trinajstić information content (AvgIpc) is 2.64. The van der Waals surface area contributed by atoms with Gasteiger partial charge in [0.15, 0.2) is 0 Å². The fourth-order valence-electron chi connectivity index (χ4n) is 3.06. The van der Waals surface area contributed by atoms with Crippen molar-refractivity contribution in [3.63, 3.8) is 0 Å². The lowest BCUT2D eigenvalue weighted by Crippen LogP contribution is -2.57. The van der Waals surface area contributed by atoms with Crippen LogP contribution in [0.1, 0.15) is 29.8 Å². The van der Waals surface area contributed by atoms with Crippen LogP contribution in [0.25, 0.3) is 0 Å². The van der Waals surface area contributed by atoms with Crippen LogP contribution in [-0.2, 0) is 11.2 Å². The van der Waals surface area contributed by atoms with E-state index in [-0.39, 0.29) is 11.8 Å². The summed E-state index contributed by atoms with van der Waals surface area (Å²) < 4.78 is 0. The third-order valence-electron chi connectivity index (χ3n) is 4.59. The van der Waals surface area contributed by atoms with Crippen LogP contribution in [-0.4, -0.2) is 35.8 Å². The average molecular weight is 322 g/mol. The molecule has 1 saturated heterocycles. The Morgan fingerprint density at radius 3 is 2.33 bits per heavy atom. The SMILES string of the molecule is CCc1ccc(N2CCN(C(=O)c3ccccc3)C(C)C2=O)cc1. The standard InChI is InChI=1S/C20H22N2O2/c1-3-16-9-11-18(12-10-16)22-14-13-21(15(2)19(22)23)20(24)17-7-5-4-6-8-17/h4-12,15H,3,13-14H2,1-2H3. The number of benzene rings is 2. The van der Waals surface area contributed by atoms with Crippen molar-refractivity contribution in [3.05, 3.63) is 65.7 Å². The molecule has 0 N–H and O–H groups in total. The van der Waals surface area contributed by atoms with Gasteiger partial charge in [0, 0.05) is 24.3 Å². The van der Waals surface area contributed by atoms with Crippen LogP contribution in [0.2, 0.25) is 0 Å². The minimum atomic E-state index is -0.461. The van der Waals surface area contributed by atoms with E-state index in [1.54, 1.807) is 28.9 Å². The Bertz CT molecular complexity index is 725. The first-order chi connectivity index (χ1) is 11.6. The van der Waals surface area contributed by atoms with Gasteiger partial charge >= 0.3 is 0 Å². The van der Waals surface area contributed by atoms with Gasteiger partial charge < -0.3 is 9.80 Å². The normalized spacial score (nSPS) is 17.9. The highest BCUT2D eigenvalue weighted by molar-refractivity contribution is 6.03. The van der Waals surface area contributed by atoms with Gasteiger partial charge in [0.1, 0.15) is 6.04 Å². The Hall–Kier alpha value is -2.62. The Balaban J connectivity index is 1.77. The Morgan fingerprint density at radius 1 is 1.04 bits per heavy atom. The number of carbonyl (C=O) groups is 2. The van der Waals surface area contributed by atoms with Crippen molar-refractivity contribution in [2.45, 2.75) is 26.3 Å². The third kappa shape index (κ3) is 3.04. The number of hydrogen-bond donors (Lipinski definition) is 0. The summed E-state index contributed by atoms with van der Waals surface area (Å²) in [5.74, 6) is -0.118. The zero-order chi connectivity index (χ0) is 17.1. The van der Waals surface area contributed by atoms with E-state index in [4.69, 9.17) is 0 Å².